The minimum absolute atomic E-state index is 0.753. The van der Waals surface area contributed by atoms with E-state index in [1.54, 1.807) is 0 Å². The van der Waals surface area contributed by atoms with Crippen molar-refractivity contribution in [3.63, 3.8) is 0 Å². The number of piperidine rings is 1. The molecule has 1 aliphatic rings. The van der Waals surface area contributed by atoms with Gasteiger partial charge >= 0.3 is 0 Å². The predicted octanol–water partition coefficient (Wildman–Crippen LogP) is 3.50. The molecule has 0 radical (unpaired) electrons. The molecule has 0 aromatic heterocycles. The van der Waals surface area contributed by atoms with Crippen LogP contribution in [0.1, 0.15) is 25.3 Å². The summed E-state index contributed by atoms with van der Waals surface area (Å²) in [5.74, 6) is 2.96. The second-order valence-electron chi connectivity index (χ2n) is 5.33. The van der Waals surface area contributed by atoms with E-state index in [-0.39, 0.29) is 0 Å². The molecule has 1 heterocycles. The Morgan fingerprint density at radius 3 is 2.89 bits per heavy atom. The molecule has 106 valence electrons. The number of hydrogen-bond acceptors (Lipinski definition) is 3. The summed E-state index contributed by atoms with van der Waals surface area (Å²) < 4.78 is 5.79. The van der Waals surface area contributed by atoms with Crippen LogP contribution in [0.2, 0.25) is 0 Å². The summed E-state index contributed by atoms with van der Waals surface area (Å²) in [5, 5.41) is 4.18. The van der Waals surface area contributed by atoms with Crippen molar-refractivity contribution >= 4 is 11.8 Å². The lowest BCUT2D eigenvalue weighted by Crippen LogP contribution is -2.32. The van der Waals surface area contributed by atoms with Crippen molar-refractivity contribution in [2.75, 3.05) is 25.4 Å². The summed E-state index contributed by atoms with van der Waals surface area (Å²) in [5.41, 5.74) is 1.26. The normalized spacial score (nSPS) is 18.2. The van der Waals surface area contributed by atoms with Gasteiger partial charge in [0.1, 0.15) is 5.75 Å². The Morgan fingerprint density at radius 2 is 2.16 bits per heavy atom. The fraction of sp³-hybridized carbons (Fsp3) is 0.625. The van der Waals surface area contributed by atoms with Gasteiger partial charge in [-0.2, -0.15) is 11.8 Å². The van der Waals surface area contributed by atoms with Gasteiger partial charge in [0.15, 0.2) is 0 Å². The molecule has 3 heteroatoms. The number of ether oxygens (including phenoxy) is 1. The molecule has 1 unspecified atom stereocenters. The first-order valence-corrected chi connectivity index (χ1v) is 8.32. The highest BCUT2D eigenvalue weighted by Gasteiger charge is 2.19. The molecule has 1 aliphatic heterocycles. The van der Waals surface area contributed by atoms with E-state index in [2.05, 4.69) is 49.1 Å². The summed E-state index contributed by atoms with van der Waals surface area (Å²) in [6.07, 6.45) is 2.65. The van der Waals surface area contributed by atoms with Gasteiger partial charge in [-0.15, -0.1) is 0 Å². The lowest BCUT2D eigenvalue weighted by Gasteiger charge is -2.27. The second-order valence-corrected chi connectivity index (χ2v) is 6.81. The van der Waals surface area contributed by atoms with Gasteiger partial charge in [0.05, 0.1) is 6.61 Å². The molecule has 0 saturated carbocycles. The highest BCUT2D eigenvalue weighted by atomic mass is 32.2. The van der Waals surface area contributed by atoms with Crippen molar-refractivity contribution in [2.45, 2.75) is 31.9 Å². The zero-order valence-electron chi connectivity index (χ0n) is 12.0. The molecule has 2 rings (SSSR count). The van der Waals surface area contributed by atoms with Crippen LogP contribution in [0.4, 0.5) is 0 Å². The van der Waals surface area contributed by atoms with Crippen LogP contribution in [0.25, 0.3) is 0 Å². The van der Waals surface area contributed by atoms with E-state index < -0.39 is 0 Å². The Kier molecular flexibility index (Phi) is 6.05. The van der Waals surface area contributed by atoms with Crippen molar-refractivity contribution < 1.29 is 4.74 Å². The van der Waals surface area contributed by atoms with Gasteiger partial charge in [-0.3, -0.25) is 0 Å². The summed E-state index contributed by atoms with van der Waals surface area (Å²) in [6.45, 7) is 7.66. The third kappa shape index (κ3) is 5.07. The van der Waals surface area contributed by atoms with Gasteiger partial charge in [-0.25, -0.2) is 0 Å². The standard InChI is InChI=1S/C16H25NOS/c1-13-4-3-5-16(12-13)18-10-11-19-14(2)15-6-8-17-9-7-15/h3-5,12,14-15,17H,6-11H2,1-2H3. The highest BCUT2D eigenvalue weighted by Crippen LogP contribution is 2.26. The summed E-state index contributed by atoms with van der Waals surface area (Å²) in [6, 6.07) is 8.28. The average molecular weight is 279 g/mol. The number of rotatable bonds is 6. The first kappa shape index (κ1) is 14.7. The largest absolute Gasteiger partial charge is 0.493 e. The Morgan fingerprint density at radius 1 is 1.37 bits per heavy atom. The van der Waals surface area contributed by atoms with E-state index in [0.29, 0.717) is 0 Å². The van der Waals surface area contributed by atoms with Gasteiger partial charge < -0.3 is 10.1 Å². The van der Waals surface area contributed by atoms with Crippen molar-refractivity contribution in [1.29, 1.82) is 0 Å². The van der Waals surface area contributed by atoms with E-state index in [1.807, 2.05) is 6.07 Å². The first-order valence-electron chi connectivity index (χ1n) is 7.27. The molecule has 19 heavy (non-hydrogen) atoms. The maximum absolute atomic E-state index is 5.79. The van der Waals surface area contributed by atoms with Crippen molar-refractivity contribution in [1.82, 2.24) is 5.32 Å². The molecule has 1 aromatic carbocycles. The summed E-state index contributed by atoms with van der Waals surface area (Å²) >= 11 is 2.05. The molecule has 1 fully saturated rings. The van der Waals surface area contributed by atoms with Crippen LogP contribution in [0.3, 0.4) is 0 Å². The van der Waals surface area contributed by atoms with Crippen LogP contribution in [-0.2, 0) is 0 Å². The molecule has 1 atom stereocenters. The third-order valence-electron chi connectivity index (χ3n) is 3.77. The number of hydrogen-bond donors (Lipinski definition) is 1. The average Bonchev–Trinajstić information content (AvgIpc) is 2.44. The molecule has 0 amide bonds. The smallest absolute Gasteiger partial charge is 0.119 e. The molecule has 1 aromatic rings. The fourth-order valence-electron chi connectivity index (χ4n) is 2.55. The minimum Gasteiger partial charge on any atom is -0.493 e. The monoisotopic (exact) mass is 279 g/mol. The molecule has 2 nitrogen and oxygen atoms in total. The molecular weight excluding hydrogens is 254 g/mol. The Labute approximate surface area is 121 Å². The van der Waals surface area contributed by atoms with Crippen molar-refractivity contribution in [2.24, 2.45) is 5.92 Å². The number of nitrogens with one attached hydrogen (secondary N) is 1. The van der Waals surface area contributed by atoms with Crippen LogP contribution in [0.15, 0.2) is 24.3 Å². The molecule has 0 spiro atoms. The van der Waals surface area contributed by atoms with Gasteiger partial charge in [0.25, 0.3) is 0 Å². The maximum atomic E-state index is 5.79. The Hall–Kier alpha value is -0.670. The fourth-order valence-corrected chi connectivity index (χ4v) is 3.64. The van der Waals surface area contributed by atoms with Crippen LogP contribution < -0.4 is 10.1 Å². The predicted molar refractivity (Wildman–Crippen MR) is 84.2 cm³/mol. The molecule has 1 saturated heterocycles. The zero-order chi connectivity index (χ0) is 13.5. The van der Waals surface area contributed by atoms with Crippen LogP contribution >= 0.6 is 11.8 Å². The topological polar surface area (TPSA) is 21.3 Å². The first-order chi connectivity index (χ1) is 9.25. The van der Waals surface area contributed by atoms with Gasteiger partial charge in [0.2, 0.25) is 0 Å². The lowest BCUT2D eigenvalue weighted by atomic mass is 9.95. The summed E-state index contributed by atoms with van der Waals surface area (Å²) in [7, 11) is 0. The maximum Gasteiger partial charge on any atom is 0.119 e. The van der Waals surface area contributed by atoms with Crippen molar-refractivity contribution in [3.05, 3.63) is 29.8 Å². The van der Waals surface area contributed by atoms with Gasteiger partial charge in [-0.05, 0) is 56.5 Å². The quantitative estimate of drug-likeness (QED) is 0.805. The second kappa shape index (κ2) is 7.81. The SMILES string of the molecule is Cc1cccc(OCCSC(C)C2CCNCC2)c1. The van der Waals surface area contributed by atoms with Crippen LogP contribution in [0, 0.1) is 12.8 Å². The molecular formula is C16H25NOS. The molecule has 1 N–H and O–H groups in total. The molecule has 0 aliphatic carbocycles. The van der Waals surface area contributed by atoms with E-state index >= 15 is 0 Å². The van der Waals surface area contributed by atoms with Crippen LogP contribution in [0.5, 0.6) is 5.75 Å². The van der Waals surface area contributed by atoms with Gasteiger partial charge in [0, 0.05) is 11.0 Å². The molecule has 0 bridgehead atoms. The van der Waals surface area contributed by atoms with Gasteiger partial charge in [-0.1, -0.05) is 19.1 Å². The van der Waals surface area contributed by atoms with Crippen LogP contribution in [-0.4, -0.2) is 30.7 Å². The third-order valence-corrected chi connectivity index (χ3v) is 5.08. The highest BCUT2D eigenvalue weighted by molar-refractivity contribution is 7.99. The van der Waals surface area contributed by atoms with E-state index in [4.69, 9.17) is 4.74 Å². The number of aryl methyl sites for hydroxylation is 1. The van der Waals surface area contributed by atoms with E-state index in [0.717, 1.165) is 29.3 Å². The zero-order valence-corrected chi connectivity index (χ0v) is 12.8. The Bertz CT molecular complexity index is 377. The Balaban J connectivity index is 1.63. The van der Waals surface area contributed by atoms with Crippen molar-refractivity contribution in [3.8, 4) is 5.75 Å². The summed E-state index contributed by atoms with van der Waals surface area (Å²) in [4.78, 5) is 0. The number of thioether (sulfide) groups is 1. The lowest BCUT2D eigenvalue weighted by molar-refractivity contribution is 0.342. The van der Waals surface area contributed by atoms with E-state index in [9.17, 15) is 0 Å². The van der Waals surface area contributed by atoms with E-state index in [1.165, 1.54) is 31.5 Å². The minimum atomic E-state index is 0.753. The number of benzene rings is 1.